The molecule has 0 aliphatic heterocycles. The lowest BCUT2D eigenvalue weighted by Crippen LogP contribution is -1.99. The summed E-state index contributed by atoms with van der Waals surface area (Å²) in [6.45, 7) is 0.557. The van der Waals surface area contributed by atoms with Crippen molar-refractivity contribution in [3.8, 4) is 5.69 Å². The summed E-state index contributed by atoms with van der Waals surface area (Å²) in [5.41, 5.74) is 2.11. The molecule has 0 amide bonds. The minimum absolute atomic E-state index is 0.312. The van der Waals surface area contributed by atoms with Gasteiger partial charge < -0.3 is 4.57 Å². The van der Waals surface area contributed by atoms with E-state index in [4.69, 9.17) is 11.6 Å². The van der Waals surface area contributed by atoms with Crippen molar-refractivity contribution >= 4 is 45.2 Å². The lowest BCUT2D eigenvalue weighted by molar-refractivity contribution is 0.611. The smallest absolute Gasteiger partial charge is 0.148 e. The maximum atomic E-state index is 13.9. The first-order chi connectivity index (χ1) is 11.6. The Kier molecular flexibility index (Phi) is 3.97. The molecular weight excluding hydrogens is 444 g/mol. The van der Waals surface area contributed by atoms with Crippen molar-refractivity contribution in [3.05, 3.63) is 69.3 Å². The first-order valence-electron chi connectivity index (χ1n) is 7.07. The van der Waals surface area contributed by atoms with Crippen LogP contribution < -0.4 is 0 Å². The summed E-state index contributed by atoms with van der Waals surface area (Å²) in [4.78, 5) is 8.33. The number of rotatable bonds is 3. The number of para-hydroxylation sites is 1. The first kappa shape index (κ1) is 15.5. The average molecular weight is 454 g/mol. The number of halogens is 3. The molecule has 5 nitrogen and oxygen atoms in total. The molecule has 24 heavy (non-hydrogen) atoms. The van der Waals surface area contributed by atoms with Gasteiger partial charge in [0.15, 0.2) is 0 Å². The Morgan fingerprint density at radius 1 is 1.17 bits per heavy atom. The van der Waals surface area contributed by atoms with Crippen LogP contribution in [0.15, 0.2) is 49.2 Å². The SMILES string of the molecule is Fc1ccccc1-n1cc(Cn2cc(I)c3c(Cl)ncnc32)cn1. The molecule has 0 aliphatic carbocycles. The Bertz CT molecular complexity index is 1040. The maximum Gasteiger partial charge on any atom is 0.148 e. The van der Waals surface area contributed by atoms with Crippen LogP contribution in [0.2, 0.25) is 5.15 Å². The molecule has 0 aliphatic rings. The second-order valence-electron chi connectivity index (χ2n) is 5.21. The van der Waals surface area contributed by atoms with Crippen molar-refractivity contribution < 1.29 is 4.39 Å². The summed E-state index contributed by atoms with van der Waals surface area (Å²) < 4.78 is 18.4. The van der Waals surface area contributed by atoms with Gasteiger partial charge >= 0.3 is 0 Å². The number of hydrogen-bond acceptors (Lipinski definition) is 3. The minimum atomic E-state index is -0.312. The Morgan fingerprint density at radius 2 is 2.00 bits per heavy atom. The minimum Gasteiger partial charge on any atom is -0.327 e. The summed E-state index contributed by atoms with van der Waals surface area (Å²) in [6.07, 6.45) is 6.93. The van der Waals surface area contributed by atoms with Crippen molar-refractivity contribution in [1.82, 2.24) is 24.3 Å². The van der Waals surface area contributed by atoms with Crippen LogP contribution in [0.4, 0.5) is 4.39 Å². The summed E-state index contributed by atoms with van der Waals surface area (Å²) >= 11 is 8.36. The second-order valence-corrected chi connectivity index (χ2v) is 6.73. The van der Waals surface area contributed by atoms with Gasteiger partial charge in [0.1, 0.15) is 28.6 Å². The molecule has 0 bridgehead atoms. The Labute approximate surface area is 155 Å². The zero-order valence-corrected chi connectivity index (χ0v) is 15.1. The average Bonchev–Trinajstić information content (AvgIpc) is 3.14. The summed E-state index contributed by atoms with van der Waals surface area (Å²) in [5, 5.41) is 5.52. The summed E-state index contributed by atoms with van der Waals surface area (Å²) in [5.74, 6) is -0.312. The van der Waals surface area contributed by atoms with Crippen molar-refractivity contribution in [1.29, 1.82) is 0 Å². The van der Waals surface area contributed by atoms with Crippen LogP contribution in [0.3, 0.4) is 0 Å². The standard InChI is InChI=1S/C16H10ClFIN5/c17-15-14-12(19)8-23(16(14)21-9-20-15)6-10-5-22-24(7-10)13-4-2-1-3-11(13)18/h1-5,7-9H,6H2. The third-order valence-electron chi connectivity index (χ3n) is 3.65. The van der Waals surface area contributed by atoms with Gasteiger partial charge in [-0.2, -0.15) is 5.10 Å². The maximum absolute atomic E-state index is 13.9. The lowest BCUT2D eigenvalue weighted by atomic mass is 10.3. The van der Waals surface area contributed by atoms with E-state index in [1.54, 1.807) is 30.6 Å². The van der Waals surface area contributed by atoms with Gasteiger partial charge in [-0.15, -0.1) is 0 Å². The van der Waals surface area contributed by atoms with Crippen molar-refractivity contribution in [2.45, 2.75) is 6.54 Å². The summed E-state index contributed by atoms with van der Waals surface area (Å²) in [6, 6.07) is 6.53. The molecule has 0 fully saturated rings. The Hall–Kier alpha value is -2.00. The van der Waals surface area contributed by atoms with Gasteiger partial charge in [0.2, 0.25) is 0 Å². The van der Waals surface area contributed by atoms with Crippen LogP contribution in [-0.2, 0) is 6.54 Å². The molecule has 0 unspecified atom stereocenters. The van der Waals surface area contributed by atoms with Crippen LogP contribution >= 0.6 is 34.2 Å². The third kappa shape index (κ3) is 2.67. The van der Waals surface area contributed by atoms with Gasteiger partial charge in [0.05, 0.1) is 18.1 Å². The molecule has 120 valence electrons. The van der Waals surface area contributed by atoms with Crippen LogP contribution in [0.25, 0.3) is 16.7 Å². The predicted molar refractivity (Wildman–Crippen MR) is 97.9 cm³/mol. The fraction of sp³-hybridized carbons (Fsp3) is 0.0625. The predicted octanol–water partition coefficient (Wildman–Crippen LogP) is 4.06. The molecule has 3 aromatic heterocycles. The van der Waals surface area contributed by atoms with E-state index in [-0.39, 0.29) is 5.82 Å². The Balaban J connectivity index is 1.70. The first-order valence-corrected chi connectivity index (χ1v) is 8.52. The van der Waals surface area contributed by atoms with Gasteiger partial charge in [-0.25, -0.2) is 19.0 Å². The number of fused-ring (bicyclic) bond motifs is 1. The second kappa shape index (κ2) is 6.14. The highest BCUT2D eigenvalue weighted by molar-refractivity contribution is 14.1. The normalized spacial score (nSPS) is 11.3. The monoisotopic (exact) mass is 453 g/mol. The topological polar surface area (TPSA) is 48.5 Å². The number of benzene rings is 1. The van der Waals surface area contributed by atoms with Crippen LogP contribution in [0.5, 0.6) is 0 Å². The highest BCUT2D eigenvalue weighted by Gasteiger charge is 2.13. The van der Waals surface area contributed by atoms with E-state index in [1.165, 1.54) is 17.1 Å². The van der Waals surface area contributed by atoms with E-state index in [0.717, 1.165) is 20.2 Å². The van der Waals surface area contributed by atoms with Crippen LogP contribution in [-0.4, -0.2) is 24.3 Å². The lowest BCUT2D eigenvalue weighted by Gasteiger charge is -2.03. The number of aromatic nitrogens is 5. The van der Waals surface area contributed by atoms with E-state index < -0.39 is 0 Å². The van der Waals surface area contributed by atoms with Crippen molar-refractivity contribution in [2.75, 3.05) is 0 Å². The molecule has 1 aromatic carbocycles. The third-order valence-corrected chi connectivity index (χ3v) is 4.75. The van der Waals surface area contributed by atoms with Gasteiger partial charge in [0, 0.05) is 21.5 Å². The van der Waals surface area contributed by atoms with E-state index in [1.807, 2.05) is 10.8 Å². The quantitative estimate of drug-likeness (QED) is 0.347. The molecule has 3 heterocycles. The van der Waals surface area contributed by atoms with Gasteiger partial charge in [-0.3, -0.25) is 0 Å². The zero-order chi connectivity index (χ0) is 16.7. The highest BCUT2D eigenvalue weighted by atomic mass is 127. The van der Waals surface area contributed by atoms with E-state index in [2.05, 4.69) is 37.7 Å². The molecule has 0 radical (unpaired) electrons. The van der Waals surface area contributed by atoms with Crippen molar-refractivity contribution in [2.24, 2.45) is 0 Å². The molecular formula is C16H10ClFIN5. The van der Waals surface area contributed by atoms with Crippen LogP contribution in [0, 0.1) is 9.39 Å². The fourth-order valence-corrected chi connectivity index (χ4v) is 3.79. The fourth-order valence-electron chi connectivity index (χ4n) is 2.57. The number of hydrogen-bond donors (Lipinski definition) is 0. The summed E-state index contributed by atoms with van der Waals surface area (Å²) in [7, 11) is 0. The molecule has 0 spiro atoms. The van der Waals surface area contributed by atoms with Gasteiger partial charge in [-0.1, -0.05) is 23.7 Å². The molecule has 4 rings (SSSR count). The van der Waals surface area contributed by atoms with Crippen molar-refractivity contribution in [3.63, 3.8) is 0 Å². The van der Waals surface area contributed by atoms with Crippen LogP contribution in [0.1, 0.15) is 5.56 Å². The largest absolute Gasteiger partial charge is 0.327 e. The van der Waals surface area contributed by atoms with E-state index in [9.17, 15) is 4.39 Å². The van der Waals surface area contributed by atoms with E-state index in [0.29, 0.717) is 17.4 Å². The van der Waals surface area contributed by atoms with Gasteiger partial charge in [0.25, 0.3) is 0 Å². The molecule has 8 heteroatoms. The molecule has 4 aromatic rings. The van der Waals surface area contributed by atoms with E-state index >= 15 is 0 Å². The number of nitrogens with zero attached hydrogens (tertiary/aromatic N) is 5. The molecule has 0 atom stereocenters. The highest BCUT2D eigenvalue weighted by Crippen LogP contribution is 2.27. The molecule has 0 saturated carbocycles. The van der Waals surface area contributed by atoms with Gasteiger partial charge in [-0.05, 0) is 34.7 Å². The molecule has 0 saturated heterocycles. The molecule has 0 N–H and O–H groups in total. The Morgan fingerprint density at radius 3 is 2.83 bits per heavy atom. The zero-order valence-electron chi connectivity index (χ0n) is 12.2.